The van der Waals surface area contributed by atoms with Gasteiger partial charge in [0, 0.05) is 21.9 Å². The first kappa shape index (κ1) is 30.5. The van der Waals surface area contributed by atoms with Gasteiger partial charge in [0.1, 0.15) is 11.2 Å². The van der Waals surface area contributed by atoms with Gasteiger partial charge in [-0.15, -0.1) is 0 Å². The zero-order valence-electron chi connectivity index (χ0n) is 29.3. The van der Waals surface area contributed by atoms with E-state index in [1.807, 2.05) is 72.8 Å². The first-order valence-corrected chi connectivity index (χ1v) is 18.9. The zero-order valence-corrected chi connectivity index (χ0v) is 29.3. The minimum atomic E-state index is 0.354. The van der Waals surface area contributed by atoms with Crippen LogP contribution in [0.4, 0.5) is 0 Å². The first-order chi connectivity index (χ1) is 26.1. The van der Waals surface area contributed by atoms with Crippen molar-refractivity contribution in [3.63, 3.8) is 0 Å². The fourth-order valence-corrected chi connectivity index (χ4v) is 10.6. The predicted molar refractivity (Wildman–Crippen MR) is 211 cm³/mol. The van der Waals surface area contributed by atoms with Crippen molar-refractivity contribution in [2.24, 2.45) is 17.8 Å². The summed E-state index contributed by atoms with van der Waals surface area (Å²) in [6.45, 7) is 0. The second-order valence-electron chi connectivity index (χ2n) is 15.8. The van der Waals surface area contributed by atoms with Crippen molar-refractivity contribution in [2.45, 2.75) is 43.9 Å². The molecule has 53 heavy (non-hydrogen) atoms. The molecule has 2 heterocycles. The number of benzene rings is 6. The monoisotopic (exact) mass is 684 g/mol. The van der Waals surface area contributed by atoms with Crippen LogP contribution < -0.4 is 0 Å². The Morgan fingerprint density at radius 2 is 1.15 bits per heavy atom. The Morgan fingerprint density at radius 1 is 0.528 bits per heavy atom. The maximum atomic E-state index is 10.4. The van der Waals surface area contributed by atoms with Crippen molar-refractivity contribution in [1.82, 2.24) is 15.0 Å². The molecule has 2 aromatic heterocycles. The van der Waals surface area contributed by atoms with Gasteiger partial charge in [-0.1, -0.05) is 103 Å². The number of nitriles is 1. The van der Waals surface area contributed by atoms with E-state index in [1.54, 1.807) is 0 Å². The number of hydrogen-bond acceptors (Lipinski definition) is 5. The second kappa shape index (κ2) is 11.7. The van der Waals surface area contributed by atoms with E-state index in [4.69, 9.17) is 19.4 Å². The summed E-state index contributed by atoms with van der Waals surface area (Å²) in [4.78, 5) is 15.3. The third kappa shape index (κ3) is 4.93. The Hall–Kier alpha value is -6.12. The summed E-state index contributed by atoms with van der Waals surface area (Å²) in [6, 6.07) is 46.4. The van der Waals surface area contributed by atoms with Gasteiger partial charge in [-0.3, -0.25) is 0 Å². The number of para-hydroxylation sites is 2. The highest BCUT2D eigenvalue weighted by Crippen LogP contribution is 2.60. The molecule has 0 unspecified atom stereocenters. The molecule has 0 atom stereocenters. The van der Waals surface area contributed by atoms with Gasteiger partial charge < -0.3 is 4.42 Å². The van der Waals surface area contributed by atoms with Crippen molar-refractivity contribution < 1.29 is 4.42 Å². The molecule has 254 valence electrons. The lowest BCUT2D eigenvalue weighted by Crippen LogP contribution is -2.48. The molecule has 0 N–H and O–H groups in total. The van der Waals surface area contributed by atoms with Crippen LogP contribution in [0.2, 0.25) is 0 Å². The molecule has 0 spiro atoms. The lowest BCUT2D eigenvalue weighted by Gasteiger charge is -2.57. The minimum Gasteiger partial charge on any atom is -0.455 e. The molecule has 4 saturated carbocycles. The third-order valence-corrected chi connectivity index (χ3v) is 12.5. The summed E-state index contributed by atoms with van der Waals surface area (Å²) in [7, 11) is 0. The zero-order chi connectivity index (χ0) is 35.1. The van der Waals surface area contributed by atoms with Crippen molar-refractivity contribution in [1.29, 1.82) is 5.26 Å². The van der Waals surface area contributed by atoms with Crippen LogP contribution in [0, 0.1) is 29.1 Å². The number of aromatic nitrogens is 3. The molecule has 6 aromatic carbocycles. The Morgan fingerprint density at radius 3 is 1.89 bits per heavy atom. The van der Waals surface area contributed by atoms with Gasteiger partial charge in [0.15, 0.2) is 17.5 Å². The van der Waals surface area contributed by atoms with Crippen LogP contribution >= 0.6 is 0 Å². The standard InChI is InChI=1S/C48H36N4O/c49-28-32-23-41-36(33-16-18-35(19-17-33)48-25-29-20-30(26-48)22-31(21-29)27-48)11-6-12-37(41)42(24-32)47-51-45(34-8-2-1-3-9-34)50-46(52-47)40-14-7-13-39-38-10-4-5-15-43(38)53-44(39)40/h1-19,23-24,29-31H,20-22,25-27H2. The molecule has 0 amide bonds. The van der Waals surface area contributed by atoms with E-state index in [1.165, 1.54) is 44.1 Å². The first-order valence-electron chi connectivity index (χ1n) is 18.9. The third-order valence-electron chi connectivity index (χ3n) is 12.5. The molecule has 4 fully saturated rings. The van der Waals surface area contributed by atoms with Gasteiger partial charge in [0.2, 0.25) is 0 Å². The van der Waals surface area contributed by atoms with Crippen molar-refractivity contribution in [3.05, 3.63) is 139 Å². The molecule has 4 aliphatic carbocycles. The maximum absolute atomic E-state index is 10.4. The highest BCUT2D eigenvalue weighted by Gasteiger charge is 2.51. The summed E-state index contributed by atoms with van der Waals surface area (Å²) >= 11 is 0. The van der Waals surface area contributed by atoms with E-state index < -0.39 is 0 Å². The fraction of sp³-hybridized carbons (Fsp3) is 0.208. The topological polar surface area (TPSA) is 75.6 Å². The lowest BCUT2D eigenvalue weighted by atomic mass is 9.48. The average Bonchev–Trinajstić information content (AvgIpc) is 3.59. The summed E-state index contributed by atoms with van der Waals surface area (Å²) in [6.07, 6.45) is 8.40. The fourth-order valence-electron chi connectivity index (χ4n) is 10.6. The smallest absolute Gasteiger partial charge is 0.167 e. The van der Waals surface area contributed by atoms with Gasteiger partial charge in [-0.2, -0.15) is 5.26 Å². The Labute approximate surface area is 308 Å². The van der Waals surface area contributed by atoms with Crippen molar-refractivity contribution in [3.8, 4) is 51.4 Å². The van der Waals surface area contributed by atoms with Crippen molar-refractivity contribution in [2.75, 3.05) is 0 Å². The Balaban J connectivity index is 1.07. The van der Waals surface area contributed by atoms with E-state index in [0.717, 1.165) is 78.3 Å². The molecule has 0 saturated heterocycles. The molecular formula is C48H36N4O. The van der Waals surface area contributed by atoms with E-state index in [0.29, 0.717) is 28.5 Å². The van der Waals surface area contributed by atoms with E-state index in [2.05, 4.69) is 60.7 Å². The number of fused-ring (bicyclic) bond motifs is 4. The summed E-state index contributed by atoms with van der Waals surface area (Å²) < 4.78 is 6.43. The number of rotatable bonds is 5. The van der Waals surface area contributed by atoms with Crippen LogP contribution in [0.1, 0.15) is 49.7 Å². The Kier molecular flexibility index (Phi) is 6.73. The van der Waals surface area contributed by atoms with Crippen LogP contribution in [0.5, 0.6) is 0 Å². The van der Waals surface area contributed by atoms with Crippen LogP contribution in [0.3, 0.4) is 0 Å². The number of nitrogens with zero attached hydrogens (tertiary/aromatic N) is 4. The van der Waals surface area contributed by atoms with Crippen LogP contribution in [0.15, 0.2) is 132 Å². The van der Waals surface area contributed by atoms with Crippen LogP contribution in [-0.4, -0.2) is 15.0 Å². The van der Waals surface area contributed by atoms with Crippen LogP contribution in [-0.2, 0) is 5.41 Å². The number of hydrogen-bond donors (Lipinski definition) is 0. The quantitative estimate of drug-likeness (QED) is 0.180. The highest BCUT2D eigenvalue weighted by molar-refractivity contribution is 6.09. The predicted octanol–water partition coefficient (Wildman–Crippen LogP) is 11.9. The molecule has 5 nitrogen and oxygen atoms in total. The summed E-state index contributed by atoms with van der Waals surface area (Å²) in [5.74, 6) is 4.32. The molecule has 5 heteroatoms. The molecule has 0 radical (unpaired) electrons. The molecule has 4 aliphatic rings. The van der Waals surface area contributed by atoms with Gasteiger partial charge in [-0.25, -0.2) is 15.0 Å². The molecule has 8 aromatic rings. The largest absolute Gasteiger partial charge is 0.455 e. The van der Waals surface area contributed by atoms with Gasteiger partial charge in [0.05, 0.1) is 17.2 Å². The van der Waals surface area contributed by atoms with Gasteiger partial charge >= 0.3 is 0 Å². The summed E-state index contributed by atoms with van der Waals surface area (Å²) in [5.41, 5.74) is 8.71. The molecule has 12 rings (SSSR count). The second-order valence-corrected chi connectivity index (χ2v) is 15.8. The van der Waals surface area contributed by atoms with Crippen LogP contribution in [0.25, 0.3) is 78.0 Å². The normalized spacial score (nSPS) is 21.8. The van der Waals surface area contributed by atoms with E-state index in [-0.39, 0.29) is 0 Å². The highest BCUT2D eigenvalue weighted by atomic mass is 16.3. The van der Waals surface area contributed by atoms with E-state index >= 15 is 0 Å². The van der Waals surface area contributed by atoms with Crippen molar-refractivity contribution >= 4 is 32.7 Å². The van der Waals surface area contributed by atoms with Gasteiger partial charge in [-0.05, 0) is 113 Å². The SMILES string of the molecule is N#Cc1cc(-c2nc(-c3ccccc3)nc(-c3cccc4c3oc3ccccc34)n2)c2cccc(-c3ccc(C45CC6CC(CC(C6)C4)C5)cc3)c2c1. The maximum Gasteiger partial charge on any atom is 0.167 e. The lowest BCUT2D eigenvalue weighted by molar-refractivity contribution is -0.00518. The number of furan rings is 1. The minimum absolute atomic E-state index is 0.354. The molecule has 4 bridgehead atoms. The average molecular weight is 685 g/mol. The molecule has 0 aliphatic heterocycles. The van der Waals surface area contributed by atoms with Gasteiger partial charge in [0.25, 0.3) is 0 Å². The Bertz CT molecular complexity index is 2740. The summed E-state index contributed by atoms with van der Waals surface area (Å²) in [5, 5.41) is 14.4. The van der Waals surface area contributed by atoms with E-state index in [9.17, 15) is 5.26 Å². The molecular weight excluding hydrogens is 649 g/mol.